The van der Waals surface area contributed by atoms with Crippen molar-refractivity contribution in [1.29, 1.82) is 0 Å². The summed E-state index contributed by atoms with van der Waals surface area (Å²) in [6, 6.07) is 0. The van der Waals surface area contributed by atoms with Gasteiger partial charge in [0, 0.05) is 23.8 Å². The van der Waals surface area contributed by atoms with Crippen LogP contribution in [-0.2, 0) is 4.79 Å². The van der Waals surface area contributed by atoms with Crippen molar-refractivity contribution in [3.63, 3.8) is 0 Å². The Morgan fingerprint density at radius 3 is 2.76 bits per heavy atom. The van der Waals surface area contributed by atoms with E-state index in [0.29, 0.717) is 35.5 Å². The molecule has 3 aliphatic rings. The molecule has 0 aliphatic heterocycles. The van der Waals surface area contributed by atoms with Crippen molar-refractivity contribution < 1.29 is 4.79 Å². The summed E-state index contributed by atoms with van der Waals surface area (Å²) in [6.07, 6.45) is 7.50. The van der Waals surface area contributed by atoms with Crippen LogP contribution >= 0.6 is 0 Å². The van der Waals surface area contributed by atoms with Crippen LogP contribution in [0, 0.1) is 42.1 Å². The molecule has 0 bridgehead atoms. The first-order valence-electron chi connectivity index (χ1n) is 10.0. The standard InChI is InChI=1S/C22H34N2O/c1-14-9-10-22(23-6)16(3)7-8-18-15(2)11-17(19(14)20(18)22)12-21(4,5)24-13-25/h13,15-20H,1,7-12H2,2-5H3,(H,24,25)/t15-,16-,17-,18?,19?,20?,22-/m1/s1. The van der Waals surface area contributed by atoms with E-state index in [2.05, 4.69) is 44.4 Å². The van der Waals surface area contributed by atoms with E-state index < -0.39 is 0 Å². The minimum Gasteiger partial charge on any atom is -0.354 e. The largest absolute Gasteiger partial charge is 0.354 e. The highest BCUT2D eigenvalue weighted by Gasteiger charge is 2.64. The number of allylic oxidation sites excluding steroid dienone is 1. The van der Waals surface area contributed by atoms with Gasteiger partial charge in [-0.05, 0) is 69.6 Å². The summed E-state index contributed by atoms with van der Waals surface area (Å²) in [5.74, 6) is 3.28. The average Bonchev–Trinajstić information content (AvgIpc) is 2.54. The molecule has 3 aliphatic carbocycles. The van der Waals surface area contributed by atoms with Gasteiger partial charge in [0.05, 0.1) is 0 Å². The van der Waals surface area contributed by atoms with E-state index >= 15 is 0 Å². The molecule has 0 aromatic heterocycles. The second-order valence-electron chi connectivity index (χ2n) is 9.78. The van der Waals surface area contributed by atoms with Gasteiger partial charge in [-0.2, -0.15) is 0 Å². The van der Waals surface area contributed by atoms with E-state index in [-0.39, 0.29) is 11.1 Å². The van der Waals surface area contributed by atoms with E-state index in [1.165, 1.54) is 24.8 Å². The number of amides is 1. The molecular weight excluding hydrogens is 308 g/mol. The Morgan fingerprint density at radius 2 is 2.12 bits per heavy atom. The number of hydrogen-bond donors (Lipinski definition) is 1. The van der Waals surface area contributed by atoms with Crippen molar-refractivity contribution in [2.45, 2.75) is 77.3 Å². The van der Waals surface area contributed by atoms with Gasteiger partial charge in [-0.1, -0.05) is 26.0 Å². The Bertz CT molecular complexity index is 589. The highest BCUT2D eigenvalue weighted by Crippen LogP contribution is 2.62. The number of carbonyl (C=O) groups is 1. The normalized spacial score (nSPS) is 43.7. The molecular formula is C22H34N2O. The molecule has 1 amide bonds. The molecule has 0 heterocycles. The van der Waals surface area contributed by atoms with Gasteiger partial charge < -0.3 is 10.2 Å². The lowest BCUT2D eigenvalue weighted by Crippen LogP contribution is -2.59. The molecule has 3 saturated carbocycles. The van der Waals surface area contributed by atoms with E-state index in [1.807, 2.05) is 0 Å². The van der Waals surface area contributed by atoms with Crippen LogP contribution in [0.4, 0.5) is 0 Å². The maximum Gasteiger partial charge on any atom is 0.239 e. The minimum absolute atomic E-state index is 0.177. The fourth-order valence-corrected chi connectivity index (χ4v) is 6.73. The van der Waals surface area contributed by atoms with E-state index in [9.17, 15) is 4.79 Å². The number of nitrogens with one attached hydrogen (secondary N) is 1. The Morgan fingerprint density at radius 1 is 1.40 bits per heavy atom. The number of hydrogen-bond acceptors (Lipinski definition) is 1. The highest BCUT2D eigenvalue weighted by atomic mass is 16.1. The van der Waals surface area contributed by atoms with Crippen LogP contribution in [0.1, 0.15) is 66.2 Å². The van der Waals surface area contributed by atoms with Gasteiger partial charge in [-0.3, -0.25) is 4.79 Å². The van der Waals surface area contributed by atoms with Gasteiger partial charge in [0.25, 0.3) is 0 Å². The Labute approximate surface area is 153 Å². The van der Waals surface area contributed by atoms with Crippen molar-refractivity contribution in [2.75, 3.05) is 0 Å². The molecule has 3 nitrogen and oxygen atoms in total. The average molecular weight is 343 g/mol. The zero-order chi connectivity index (χ0) is 18.4. The topological polar surface area (TPSA) is 33.5 Å². The third-order valence-corrected chi connectivity index (χ3v) is 7.87. The van der Waals surface area contributed by atoms with Crippen LogP contribution in [-0.4, -0.2) is 17.5 Å². The van der Waals surface area contributed by atoms with Crippen LogP contribution in [0.2, 0.25) is 0 Å². The lowest BCUT2D eigenvalue weighted by Gasteiger charge is -2.58. The monoisotopic (exact) mass is 342 g/mol. The molecule has 3 unspecified atom stereocenters. The molecule has 0 aromatic carbocycles. The molecule has 3 rings (SSSR count). The smallest absolute Gasteiger partial charge is 0.239 e. The maximum absolute atomic E-state index is 11.0. The first kappa shape index (κ1) is 18.5. The van der Waals surface area contributed by atoms with Crippen LogP contribution < -0.4 is 5.32 Å². The van der Waals surface area contributed by atoms with Gasteiger partial charge in [0.15, 0.2) is 0 Å². The zero-order valence-electron chi connectivity index (χ0n) is 16.3. The third kappa shape index (κ3) is 2.92. The van der Waals surface area contributed by atoms with Gasteiger partial charge in [0.1, 0.15) is 0 Å². The number of rotatable bonds is 4. The molecule has 3 heteroatoms. The van der Waals surface area contributed by atoms with Crippen molar-refractivity contribution in [1.82, 2.24) is 5.32 Å². The molecule has 0 saturated heterocycles. The maximum atomic E-state index is 11.0. The Kier molecular flexibility index (Phi) is 4.77. The van der Waals surface area contributed by atoms with E-state index in [0.717, 1.165) is 25.7 Å². The summed E-state index contributed by atoms with van der Waals surface area (Å²) in [4.78, 5) is 15.3. The van der Waals surface area contributed by atoms with Crippen LogP contribution in [0.15, 0.2) is 12.2 Å². The fourth-order valence-electron chi connectivity index (χ4n) is 6.73. The van der Waals surface area contributed by atoms with Crippen molar-refractivity contribution in [3.8, 4) is 0 Å². The summed E-state index contributed by atoms with van der Waals surface area (Å²) in [5.41, 5.74) is 1.00. The molecule has 1 N–H and O–H groups in total. The molecule has 7 atom stereocenters. The number of nitrogens with zero attached hydrogens (tertiary/aromatic N) is 1. The molecule has 25 heavy (non-hydrogen) atoms. The summed E-state index contributed by atoms with van der Waals surface area (Å²) in [6.45, 7) is 21.5. The summed E-state index contributed by atoms with van der Waals surface area (Å²) in [5, 5.41) is 3.01. The van der Waals surface area contributed by atoms with Crippen LogP contribution in [0.5, 0.6) is 0 Å². The van der Waals surface area contributed by atoms with Gasteiger partial charge in [-0.25, -0.2) is 6.57 Å². The Balaban J connectivity index is 1.98. The van der Waals surface area contributed by atoms with E-state index in [4.69, 9.17) is 6.57 Å². The molecule has 0 spiro atoms. The zero-order valence-corrected chi connectivity index (χ0v) is 16.3. The van der Waals surface area contributed by atoms with Gasteiger partial charge in [0.2, 0.25) is 11.9 Å². The highest BCUT2D eigenvalue weighted by molar-refractivity contribution is 5.47. The summed E-state index contributed by atoms with van der Waals surface area (Å²) in [7, 11) is 0. The quantitative estimate of drug-likeness (QED) is 0.442. The second-order valence-corrected chi connectivity index (χ2v) is 9.78. The Hall–Kier alpha value is -1.30. The predicted octanol–water partition coefficient (Wildman–Crippen LogP) is 4.84. The second kappa shape index (κ2) is 6.45. The number of carbonyl (C=O) groups excluding carboxylic acids is 1. The van der Waals surface area contributed by atoms with Crippen molar-refractivity contribution >= 4 is 6.41 Å². The first-order chi connectivity index (χ1) is 11.8. The molecule has 0 radical (unpaired) electrons. The predicted molar refractivity (Wildman–Crippen MR) is 102 cm³/mol. The fraction of sp³-hybridized carbons (Fsp3) is 0.818. The summed E-state index contributed by atoms with van der Waals surface area (Å²) < 4.78 is 0. The first-order valence-corrected chi connectivity index (χ1v) is 10.0. The lowest BCUT2D eigenvalue weighted by molar-refractivity contribution is -0.111. The van der Waals surface area contributed by atoms with Crippen LogP contribution in [0.3, 0.4) is 0 Å². The van der Waals surface area contributed by atoms with Gasteiger partial charge in [-0.15, -0.1) is 0 Å². The lowest BCUT2D eigenvalue weighted by atomic mass is 9.45. The minimum atomic E-state index is -0.197. The molecule has 138 valence electrons. The van der Waals surface area contributed by atoms with Crippen LogP contribution in [0.25, 0.3) is 4.85 Å². The third-order valence-electron chi connectivity index (χ3n) is 7.87. The van der Waals surface area contributed by atoms with Crippen molar-refractivity contribution in [3.05, 3.63) is 23.6 Å². The van der Waals surface area contributed by atoms with E-state index in [1.54, 1.807) is 0 Å². The molecule has 0 aromatic rings. The SMILES string of the molecule is [C-]#[N+][C@@]12CCC(=C)C3C1C(CC[C@H]2C)[C@H](C)C[C@@H]3CC(C)(C)NC=O. The molecule has 3 fully saturated rings. The van der Waals surface area contributed by atoms with Gasteiger partial charge >= 0.3 is 0 Å². The van der Waals surface area contributed by atoms with Crippen molar-refractivity contribution in [2.24, 2.45) is 35.5 Å². The summed E-state index contributed by atoms with van der Waals surface area (Å²) >= 11 is 0.